The van der Waals surface area contributed by atoms with E-state index in [0.29, 0.717) is 23.1 Å². The number of hydrogen-bond donors (Lipinski definition) is 1. The highest BCUT2D eigenvalue weighted by atomic mass is 16.5. The lowest BCUT2D eigenvalue weighted by atomic mass is 10.0. The first-order valence-electron chi connectivity index (χ1n) is 10.3. The van der Waals surface area contributed by atoms with Crippen LogP contribution in [-0.2, 0) is 9.53 Å². The second-order valence-electron chi connectivity index (χ2n) is 7.44. The second-order valence-corrected chi connectivity index (χ2v) is 7.44. The molecule has 0 saturated carbocycles. The lowest BCUT2D eigenvalue weighted by Gasteiger charge is -2.19. The molecule has 1 aliphatic heterocycles. The number of rotatable bonds is 6. The molecule has 3 heterocycles. The smallest absolute Gasteiger partial charge is 0.359 e. The van der Waals surface area contributed by atoms with Crippen molar-refractivity contribution in [2.45, 2.75) is 12.5 Å². The number of furan rings is 1. The van der Waals surface area contributed by atoms with Crippen LogP contribution >= 0.6 is 0 Å². The zero-order valence-corrected chi connectivity index (χ0v) is 17.7. The van der Waals surface area contributed by atoms with Crippen molar-refractivity contribution < 1.29 is 23.5 Å². The number of nitrogens with zero attached hydrogens (tertiary/aromatic N) is 3. The number of ether oxygens (including phenoxy) is 2. The minimum absolute atomic E-state index is 0.129. The third kappa shape index (κ3) is 3.96. The second kappa shape index (κ2) is 8.62. The number of aromatic amines is 1. The van der Waals surface area contributed by atoms with Gasteiger partial charge in [-0.3, -0.25) is 9.89 Å². The van der Waals surface area contributed by atoms with Gasteiger partial charge in [0.05, 0.1) is 24.6 Å². The molecule has 9 nitrogen and oxygen atoms in total. The number of benzene rings is 2. The Morgan fingerprint density at radius 3 is 2.70 bits per heavy atom. The Kier molecular flexibility index (Phi) is 5.35. The van der Waals surface area contributed by atoms with Crippen LogP contribution in [0.3, 0.4) is 0 Å². The molecule has 0 fully saturated rings. The van der Waals surface area contributed by atoms with Crippen molar-refractivity contribution in [1.29, 1.82) is 0 Å². The minimum Gasteiger partial charge on any atom is -0.497 e. The van der Waals surface area contributed by atoms with Crippen LogP contribution in [0.2, 0.25) is 0 Å². The molecule has 33 heavy (non-hydrogen) atoms. The van der Waals surface area contributed by atoms with Crippen LogP contribution < -0.4 is 4.74 Å². The van der Waals surface area contributed by atoms with Crippen LogP contribution in [0.4, 0.5) is 0 Å². The van der Waals surface area contributed by atoms with E-state index in [0.717, 1.165) is 17.0 Å². The molecule has 4 aromatic rings. The van der Waals surface area contributed by atoms with Crippen LogP contribution in [-0.4, -0.2) is 46.5 Å². The molecule has 0 saturated heterocycles. The van der Waals surface area contributed by atoms with Crippen molar-refractivity contribution >= 4 is 28.5 Å². The highest BCUT2D eigenvalue weighted by Crippen LogP contribution is 2.33. The lowest BCUT2D eigenvalue weighted by molar-refractivity contribution is -0.136. The van der Waals surface area contributed by atoms with Crippen molar-refractivity contribution in [1.82, 2.24) is 15.2 Å². The van der Waals surface area contributed by atoms with E-state index in [1.165, 1.54) is 5.01 Å². The third-order valence-corrected chi connectivity index (χ3v) is 5.45. The van der Waals surface area contributed by atoms with Crippen molar-refractivity contribution in [3.8, 4) is 5.75 Å². The molecule has 1 aliphatic rings. The van der Waals surface area contributed by atoms with E-state index in [1.807, 2.05) is 30.3 Å². The highest BCUT2D eigenvalue weighted by Gasteiger charge is 2.35. The Balaban J connectivity index is 1.34. The van der Waals surface area contributed by atoms with Gasteiger partial charge in [0.15, 0.2) is 12.3 Å². The van der Waals surface area contributed by atoms with Gasteiger partial charge in [-0.1, -0.05) is 18.2 Å². The minimum atomic E-state index is -0.686. The van der Waals surface area contributed by atoms with Gasteiger partial charge in [0.25, 0.3) is 5.91 Å². The molecular weight excluding hydrogens is 424 g/mol. The number of hydrazone groups is 1. The first-order valence-corrected chi connectivity index (χ1v) is 10.3. The van der Waals surface area contributed by atoms with Gasteiger partial charge < -0.3 is 13.9 Å². The number of nitrogens with one attached hydrogen (secondary N) is 1. The van der Waals surface area contributed by atoms with Gasteiger partial charge >= 0.3 is 5.97 Å². The Morgan fingerprint density at radius 2 is 1.94 bits per heavy atom. The van der Waals surface area contributed by atoms with E-state index in [1.54, 1.807) is 43.7 Å². The van der Waals surface area contributed by atoms with Gasteiger partial charge in [0.1, 0.15) is 17.6 Å². The largest absolute Gasteiger partial charge is 0.497 e. The van der Waals surface area contributed by atoms with E-state index in [2.05, 4.69) is 15.3 Å². The molecule has 9 heteroatoms. The molecule has 0 radical (unpaired) electrons. The average molecular weight is 444 g/mol. The monoisotopic (exact) mass is 444 g/mol. The molecule has 166 valence electrons. The van der Waals surface area contributed by atoms with E-state index in [4.69, 9.17) is 13.9 Å². The van der Waals surface area contributed by atoms with Crippen LogP contribution in [0.5, 0.6) is 5.75 Å². The van der Waals surface area contributed by atoms with Crippen molar-refractivity contribution in [2.24, 2.45) is 5.10 Å². The third-order valence-electron chi connectivity index (χ3n) is 5.45. The molecule has 1 amide bonds. The average Bonchev–Trinajstić information content (AvgIpc) is 3.61. The molecule has 5 rings (SSSR count). The van der Waals surface area contributed by atoms with Gasteiger partial charge in [-0.2, -0.15) is 10.2 Å². The normalized spacial score (nSPS) is 15.5. The van der Waals surface area contributed by atoms with Crippen LogP contribution in [0.15, 0.2) is 76.4 Å². The van der Waals surface area contributed by atoms with Gasteiger partial charge in [0, 0.05) is 11.8 Å². The molecule has 0 spiro atoms. The number of H-pyrrole nitrogens is 1. The predicted molar refractivity (Wildman–Crippen MR) is 119 cm³/mol. The molecule has 2 aromatic carbocycles. The summed E-state index contributed by atoms with van der Waals surface area (Å²) in [6, 6.07) is 17.7. The number of fused-ring (bicyclic) bond motifs is 1. The summed E-state index contributed by atoms with van der Waals surface area (Å²) < 4.78 is 16.0. The highest BCUT2D eigenvalue weighted by molar-refractivity contribution is 6.04. The molecule has 2 aromatic heterocycles. The van der Waals surface area contributed by atoms with Crippen LogP contribution in [0.1, 0.15) is 34.3 Å². The predicted octanol–water partition coefficient (Wildman–Crippen LogP) is 3.70. The van der Waals surface area contributed by atoms with Gasteiger partial charge in [-0.25, -0.2) is 9.80 Å². The number of carbonyl (C=O) groups is 2. The van der Waals surface area contributed by atoms with E-state index < -0.39 is 24.5 Å². The molecule has 1 atom stereocenters. The Labute approximate surface area is 188 Å². The van der Waals surface area contributed by atoms with Crippen molar-refractivity contribution in [3.63, 3.8) is 0 Å². The zero-order valence-electron chi connectivity index (χ0n) is 17.7. The summed E-state index contributed by atoms with van der Waals surface area (Å²) in [5.74, 6) is 0.174. The SMILES string of the molecule is COc1ccc(C2=NN(C(=O)COC(=O)c3n[nH]c4ccccc34)C(c3ccco3)C2)cc1. The summed E-state index contributed by atoms with van der Waals surface area (Å²) in [7, 11) is 1.60. The first-order chi connectivity index (χ1) is 16.1. The van der Waals surface area contributed by atoms with Crippen LogP contribution in [0.25, 0.3) is 10.9 Å². The quantitative estimate of drug-likeness (QED) is 0.454. The fourth-order valence-electron chi connectivity index (χ4n) is 3.78. The Hall–Kier alpha value is -4.40. The number of methoxy groups -OCH3 is 1. The molecule has 0 aliphatic carbocycles. The van der Waals surface area contributed by atoms with E-state index >= 15 is 0 Å². The van der Waals surface area contributed by atoms with Crippen molar-refractivity contribution in [3.05, 3.63) is 83.9 Å². The summed E-state index contributed by atoms with van der Waals surface area (Å²) >= 11 is 0. The maximum Gasteiger partial charge on any atom is 0.359 e. The molecular formula is C24H20N4O5. The fraction of sp³-hybridized carbons (Fsp3) is 0.167. The van der Waals surface area contributed by atoms with Crippen LogP contribution in [0, 0.1) is 0 Å². The molecule has 1 unspecified atom stereocenters. The lowest BCUT2D eigenvalue weighted by Crippen LogP contribution is -2.31. The number of carbonyl (C=O) groups excluding carboxylic acids is 2. The number of amides is 1. The summed E-state index contributed by atoms with van der Waals surface area (Å²) in [6.07, 6.45) is 2.01. The Morgan fingerprint density at radius 1 is 1.12 bits per heavy atom. The number of esters is 1. The Bertz CT molecular complexity index is 1320. The molecule has 1 N–H and O–H groups in total. The zero-order chi connectivity index (χ0) is 22.8. The van der Waals surface area contributed by atoms with Gasteiger partial charge in [0.2, 0.25) is 0 Å². The number of para-hydroxylation sites is 1. The van der Waals surface area contributed by atoms with E-state index in [9.17, 15) is 9.59 Å². The van der Waals surface area contributed by atoms with Crippen molar-refractivity contribution in [2.75, 3.05) is 13.7 Å². The van der Waals surface area contributed by atoms with Gasteiger partial charge in [-0.15, -0.1) is 0 Å². The summed E-state index contributed by atoms with van der Waals surface area (Å²) in [6.45, 7) is -0.476. The van der Waals surface area contributed by atoms with Gasteiger partial charge in [-0.05, 0) is 48.0 Å². The summed E-state index contributed by atoms with van der Waals surface area (Å²) in [5.41, 5.74) is 2.42. The maximum atomic E-state index is 13.0. The molecule has 0 bridgehead atoms. The van der Waals surface area contributed by atoms with E-state index in [-0.39, 0.29) is 5.69 Å². The number of hydrogen-bond acceptors (Lipinski definition) is 7. The summed E-state index contributed by atoms with van der Waals surface area (Å²) in [5, 5.41) is 13.3. The fourth-order valence-corrected chi connectivity index (χ4v) is 3.78. The standard InChI is InChI=1S/C24H20N4O5/c1-31-16-10-8-15(9-11-16)19-13-20(21-7-4-12-32-21)28(27-19)22(29)14-33-24(30)23-17-5-2-3-6-18(17)25-26-23/h2-12,20H,13-14H2,1H3,(H,25,26). The number of aromatic nitrogens is 2. The topological polar surface area (TPSA) is 110 Å². The first kappa shape index (κ1) is 20.5. The summed E-state index contributed by atoms with van der Waals surface area (Å²) in [4.78, 5) is 25.6. The maximum absolute atomic E-state index is 13.0.